The molecular formula is C10H21N3O3. The number of carbonyl (C=O) groups excluding carboxylic acids is 1. The van der Waals surface area contributed by atoms with Gasteiger partial charge >= 0.3 is 0 Å². The van der Waals surface area contributed by atoms with Gasteiger partial charge in [-0.3, -0.25) is 4.79 Å². The number of hydrogen-bond acceptors (Lipinski definition) is 4. The molecule has 0 rings (SSSR count). The highest BCUT2D eigenvalue weighted by Crippen LogP contribution is 2.05. The van der Waals surface area contributed by atoms with Crippen LogP contribution >= 0.6 is 0 Å². The first-order chi connectivity index (χ1) is 7.43. The first-order valence-corrected chi connectivity index (χ1v) is 5.23. The summed E-state index contributed by atoms with van der Waals surface area (Å²) in [6.07, 6.45) is -0.133. The van der Waals surface area contributed by atoms with Gasteiger partial charge in [0, 0.05) is 26.1 Å². The Balaban J connectivity index is 4.44. The van der Waals surface area contributed by atoms with Gasteiger partial charge in [0.05, 0.1) is 0 Å². The second kappa shape index (κ2) is 7.05. The average Bonchev–Trinajstić information content (AvgIpc) is 2.26. The molecule has 0 aromatic carbocycles. The van der Waals surface area contributed by atoms with E-state index in [2.05, 4.69) is 5.16 Å². The summed E-state index contributed by atoms with van der Waals surface area (Å²) in [5, 5.41) is 11.3. The van der Waals surface area contributed by atoms with Gasteiger partial charge in [0.2, 0.25) is 0 Å². The molecule has 94 valence electrons. The molecule has 1 atom stereocenters. The summed E-state index contributed by atoms with van der Waals surface area (Å²) in [6.45, 7) is 5.93. The van der Waals surface area contributed by atoms with Gasteiger partial charge in [-0.25, -0.2) is 0 Å². The molecule has 0 heterocycles. The zero-order valence-corrected chi connectivity index (χ0v) is 10.3. The van der Waals surface area contributed by atoms with Crippen LogP contribution in [0.3, 0.4) is 0 Å². The molecule has 0 bridgehead atoms. The van der Waals surface area contributed by atoms with E-state index in [1.807, 2.05) is 13.8 Å². The molecular weight excluding hydrogens is 210 g/mol. The van der Waals surface area contributed by atoms with Crippen molar-refractivity contribution in [2.24, 2.45) is 10.9 Å². The molecule has 0 fully saturated rings. The Kier molecular flexibility index (Phi) is 6.48. The Morgan fingerprint density at radius 2 is 2.06 bits per heavy atom. The fourth-order valence-electron chi connectivity index (χ4n) is 1.24. The molecule has 0 radical (unpaired) electrons. The Hall–Kier alpha value is -1.30. The number of hydrogen-bond donors (Lipinski definition) is 2. The third-order valence-corrected chi connectivity index (χ3v) is 2.35. The van der Waals surface area contributed by atoms with Gasteiger partial charge in [-0.05, 0) is 20.8 Å². The Morgan fingerprint density at radius 1 is 1.50 bits per heavy atom. The lowest BCUT2D eigenvalue weighted by atomic mass is 10.2. The normalized spacial score (nSPS) is 13.9. The Labute approximate surface area is 96.0 Å². The predicted molar refractivity (Wildman–Crippen MR) is 61.3 cm³/mol. The number of amides is 1. The zero-order chi connectivity index (χ0) is 12.7. The van der Waals surface area contributed by atoms with E-state index >= 15 is 0 Å². The Bertz CT molecular complexity index is 254. The van der Waals surface area contributed by atoms with Crippen molar-refractivity contribution in [1.82, 2.24) is 4.90 Å². The SMILES string of the molecule is COC(C)C(=O)N(CCC(N)=NO)C(C)C. The summed E-state index contributed by atoms with van der Waals surface area (Å²) in [5.74, 6) is 0.0201. The highest BCUT2D eigenvalue weighted by molar-refractivity contribution is 5.83. The van der Waals surface area contributed by atoms with Crippen molar-refractivity contribution in [2.75, 3.05) is 13.7 Å². The fraction of sp³-hybridized carbons (Fsp3) is 0.800. The van der Waals surface area contributed by atoms with Crippen molar-refractivity contribution in [3.05, 3.63) is 0 Å². The number of ether oxygens (including phenoxy) is 1. The zero-order valence-electron chi connectivity index (χ0n) is 10.3. The predicted octanol–water partition coefficient (Wildman–Crippen LogP) is 0.395. The topological polar surface area (TPSA) is 88.2 Å². The standard InChI is InChI=1S/C10H21N3O3/c1-7(2)13(6-5-9(11)12-15)10(14)8(3)16-4/h7-8,15H,5-6H2,1-4H3,(H2,11,12). The van der Waals surface area contributed by atoms with E-state index in [4.69, 9.17) is 15.7 Å². The van der Waals surface area contributed by atoms with Crippen LogP contribution in [0, 0.1) is 0 Å². The summed E-state index contributed by atoms with van der Waals surface area (Å²) in [4.78, 5) is 13.5. The monoisotopic (exact) mass is 231 g/mol. The van der Waals surface area contributed by atoms with Crippen molar-refractivity contribution < 1.29 is 14.7 Å². The molecule has 6 nitrogen and oxygen atoms in total. The van der Waals surface area contributed by atoms with E-state index in [0.29, 0.717) is 13.0 Å². The number of nitrogens with two attached hydrogens (primary N) is 1. The molecule has 0 aliphatic carbocycles. The third-order valence-electron chi connectivity index (χ3n) is 2.35. The van der Waals surface area contributed by atoms with Gasteiger partial charge in [0.1, 0.15) is 11.9 Å². The lowest BCUT2D eigenvalue weighted by Crippen LogP contribution is -2.44. The van der Waals surface area contributed by atoms with Crippen molar-refractivity contribution in [2.45, 2.75) is 39.3 Å². The van der Waals surface area contributed by atoms with Crippen molar-refractivity contribution in [3.63, 3.8) is 0 Å². The van der Waals surface area contributed by atoms with Gasteiger partial charge in [-0.2, -0.15) is 0 Å². The lowest BCUT2D eigenvalue weighted by molar-refractivity contribution is -0.142. The van der Waals surface area contributed by atoms with Gasteiger partial charge < -0.3 is 20.6 Å². The van der Waals surface area contributed by atoms with E-state index in [9.17, 15) is 4.79 Å². The van der Waals surface area contributed by atoms with Crippen LogP contribution < -0.4 is 5.73 Å². The second-order valence-electron chi connectivity index (χ2n) is 3.84. The number of rotatable bonds is 6. The molecule has 0 saturated carbocycles. The van der Waals surface area contributed by atoms with E-state index in [1.54, 1.807) is 11.8 Å². The van der Waals surface area contributed by atoms with Gasteiger partial charge in [-0.1, -0.05) is 5.16 Å². The highest BCUT2D eigenvalue weighted by Gasteiger charge is 2.22. The van der Waals surface area contributed by atoms with Crippen molar-refractivity contribution >= 4 is 11.7 Å². The molecule has 1 amide bonds. The number of nitrogens with zero attached hydrogens (tertiary/aromatic N) is 2. The lowest BCUT2D eigenvalue weighted by Gasteiger charge is -2.28. The van der Waals surface area contributed by atoms with Crippen LogP contribution in [0.5, 0.6) is 0 Å². The first-order valence-electron chi connectivity index (χ1n) is 5.23. The summed E-state index contributed by atoms with van der Waals surface area (Å²) >= 11 is 0. The molecule has 16 heavy (non-hydrogen) atoms. The minimum Gasteiger partial charge on any atom is -0.409 e. The molecule has 3 N–H and O–H groups in total. The minimum absolute atomic E-state index is 0.0524. The average molecular weight is 231 g/mol. The summed E-state index contributed by atoms with van der Waals surface area (Å²) in [7, 11) is 1.49. The van der Waals surface area contributed by atoms with E-state index in [0.717, 1.165) is 0 Å². The smallest absolute Gasteiger partial charge is 0.251 e. The largest absolute Gasteiger partial charge is 0.409 e. The van der Waals surface area contributed by atoms with Crippen LogP contribution in [0.1, 0.15) is 27.2 Å². The van der Waals surface area contributed by atoms with Crippen LogP contribution in [0.4, 0.5) is 0 Å². The molecule has 0 aliphatic rings. The maximum atomic E-state index is 11.9. The molecule has 6 heteroatoms. The quantitative estimate of drug-likeness (QED) is 0.300. The van der Waals surface area contributed by atoms with Crippen LogP contribution in [0.2, 0.25) is 0 Å². The number of oxime groups is 1. The molecule has 0 saturated heterocycles. The molecule has 0 aromatic rings. The van der Waals surface area contributed by atoms with Crippen LogP contribution in [0.15, 0.2) is 5.16 Å². The molecule has 0 aromatic heterocycles. The van der Waals surface area contributed by atoms with Gasteiger partial charge in [0.15, 0.2) is 0 Å². The van der Waals surface area contributed by atoms with E-state index in [1.165, 1.54) is 7.11 Å². The number of methoxy groups -OCH3 is 1. The second-order valence-corrected chi connectivity index (χ2v) is 3.84. The van der Waals surface area contributed by atoms with Crippen LogP contribution in [0.25, 0.3) is 0 Å². The maximum Gasteiger partial charge on any atom is 0.251 e. The third kappa shape index (κ3) is 4.48. The highest BCUT2D eigenvalue weighted by atomic mass is 16.5. The van der Waals surface area contributed by atoms with Gasteiger partial charge in [-0.15, -0.1) is 0 Å². The van der Waals surface area contributed by atoms with Crippen LogP contribution in [-0.2, 0) is 9.53 Å². The van der Waals surface area contributed by atoms with E-state index < -0.39 is 6.10 Å². The minimum atomic E-state index is -0.477. The summed E-state index contributed by atoms with van der Waals surface area (Å²) in [6, 6.07) is 0.0524. The molecule has 1 unspecified atom stereocenters. The number of amidine groups is 1. The summed E-state index contributed by atoms with van der Waals surface area (Å²) < 4.78 is 4.97. The molecule has 0 aliphatic heterocycles. The van der Waals surface area contributed by atoms with Gasteiger partial charge in [0.25, 0.3) is 5.91 Å². The Morgan fingerprint density at radius 3 is 2.44 bits per heavy atom. The summed E-state index contributed by atoms with van der Waals surface area (Å²) in [5.41, 5.74) is 5.36. The van der Waals surface area contributed by atoms with Crippen molar-refractivity contribution in [3.8, 4) is 0 Å². The fourth-order valence-corrected chi connectivity index (χ4v) is 1.24. The van der Waals surface area contributed by atoms with Crippen LogP contribution in [-0.4, -0.2) is 47.7 Å². The first kappa shape index (κ1) is 14.7. The number of carbonyl (C=O) groups is 1. The molecule has 0 spiro atoms. The van der Waals surface area contributed by atoms with E-state index in [-0.39, 0.29) is 17.8 Å². The van der Waals surface area contributed by atoms with Crippen molar-refractivity contribution in [1.29, 1.82) is 0 Å². The maximum absolute atomic E-state index is 11.9.